The van der Waals surface area contributed by atoms with Crippen molar-refractivity contribution in [2.24, 2.45) is 0 Å². The van der Waals surface area contributed by atoms with Crippen LogP contribution in [0.1, 0.15) is 44.0 Å². The molecular formula is C33H33N3O7. The molecule has 0 saturated carbocycles. The standard InChI is InChI=1S/C33H33N3O7/c1-19-4-5-21-14-29(19)41-18-31(37)34-16-23-6-8-25(15-30(23)40-3)43-28-10-11-36(17-26(28)35-32(21)38)33(39)22-7-9-27-24(13-22)12-20(2)42-27/h4-9,12-15,26,28H,10-11,16-18H2,1-3H3,(H,34,37)(H,35,38)/t26-,28+/m0/s1. The number of furan rings is 1. The maximum Gasteiger partial charge on any atom is 0.258 e. The van der Waals surface area contributed by atoms with Crippen molar-refractivity contribution >= 4 is 28.7 Å². The molecule has 4 bridgehead atoms. The van der Waals surface area contributed by atoms with Gasteiger partial charge in [0.05, 0.1) is 13.2 Å². The highest BCUT2D eigenvalue weighted by atomic mass is 16.5. The third-order valence-corrected chi connectivity index (χ3v) is 7.87. The van der Waals surface area contributed by atoms with Crippen LogP contribution in [-0.2, 0) is 11.3 Å². The molecule has 43 heavy (non-hydrogen) atoms. The van der Waals surface area contributed by atoms with Gasteiger partial charge in [-0.3, -0.25) is 14.4 Å². The molecule has 1 saturated heterocycles. The zero-order chi connectivity index (χ0) is 30.1. The number of aryl methyl sites for hydroxylation is 2. The minimum absolute atomic E-state index is 0.133. The number of carbonyl (C=O) groups is 3. The first-order valence-electron chi connectivity index (χ1n) is 14.2. The lowest BCUT2D eigenvalue weighted by atomic mass is 9.99. The Kier molecular flexibility index (Phi) is 7.67. The van der Waals surface area contributed by atoms with E-state index in [4.69, 9.17) is 18.6 Å². The average Bonchev–Trinajstić information content (AvgIpc) is 3.39. The largest absolute Gasteiger partial charge is 0.496 e. The van der Waals surface area contributed by atoms with Crippen LogP contribution in [0.3, 0.4) is 0 Å². The van der Waals surface area contributed by atoms with Gasteiger partial charge in [-0.1, -0.05) is 6.07 Å². The number of fused-ring (bicyclic) bond motifs is 8. The number of nitrogens with zero attached hydrogens (tertiary/aromatic N) is 1. The van der Waals surface area contributed by atoms with E-state index in [1.165, 1.54) is 0 Å². The average molecular weight is 584 g/mol. The number of nitrogens with one attached hydrogen (secondary N) is 2. The van der Waals surface area contributed by atoms with E-state index in [0.29, 0.717) is 41.3 Å². The number of piperidine rings is 1. The van der Waals surface area contributed by atoms with Crippen LogP contribution >= 0.6 is 0 Å². The topological polar surface area (TPSA) is 119 Å². The number of methoxy groups -OCH3 is 1. The Hall–Kier alpha value is -4.99. The molecule has 222 valence electrons. The summed E-state index contributed by atoms with van der Waals surface area (Å²) >= 11 is 0. The number of ether oxygens (including phenoxy) is 3. The summed E-state index contributed by atoms with van der Waals surface area (Å²) in [6.07, 6.45) is 0.0747. The number of benzene rings is 3. The Labute approximate surface area is 248 Å². The van der Waals surface area contributed by atoms with Crippen LogP contribution in [0.15, 0.2) is 65.1 Å². The molecule has 2 N–H and O–H groups in total. The van der Waals surface area contributed by atoms with Crippen molar-refractivity contribution in [3.8, 4) is 17.2 Å². The van der Waals surface area contributed by atoms with E-state index >= 15 is 0 Å². The number of hydrogen-bond donors (Lipinski definition) is 2. The van der Waals surface area contributed by atoms with Crippen molar-refractivity contribution in [1.82, 2.24) is 15.5 Å². The Morgan fingerprint density at radius 1 is 1.02 bits per heavy atom. The second-order valence-corrected chi connectivity index (χ2v) is 10.9. The molecule has 3 aliphatic rings. The summed E-state index contributed by atoms with van der Waals surface area (Å²) in [4.78, 5) is 41.4. The molecule has 3 amide bonds. The predicted octanol–water partition coefficient (Wildman–Crippen LogP) is 4.16. The van der Waals surface area contributed by atoms with E-state index in [9.17, 15) is 14.4 Å². The Morgan fingerprint density at radius 2 is 1.88 bits per heavy atom. The lowest BCUT2D eigenvalue weighted by Crippen LogP contribution is -2.58. The van der Waals surface area contributed by atoms with Gasteiger partial charge in [-0.15, -0.1) is 0 Å². The molecule has 7 rings (SSSR count). The molecule has 3 aliphatic heterocycles. The fraction of sp³-hybridized carbons (Fsp3) is 0.303. The zero-order valence-corrected chi connectivity index (χ0v) is 24.3. The van der Waals surface area contributed by atoms with Crippen molar-refractivity contribution < 1.29 is 33.0 Å². The Bertz CT molecular complexity index is 1710. The minimum atomic E-state index is -0.514. The van der Waals surface area contributed by atoms with Gasteiger partial charge in [0.25, 0.3) is 17.7 Å². The molecule has 4 aromatic rings. The van der Waals surface area contributed by atoms with Gasteiger partial charge in [-0.2, -0.15) is 0 Å². The third kappa shape index (κ3) is 5.99. The normalized spacial score (nSPS) is 19.0. The van der Waals surface area contributed by atoms with E-state index < -0.39 is 12.1 Å². The second kappa shape index (κ2) is 11.7. The molecule has 1 fully saturated rings. The van der Waals surface area contributed by atoms with Crippen LogP contribution in [0.2, 0.25) is 0 Å². The van der Waals surface area contributed by atoms with Gasteiger partial charge < -0.3 is 34.2 Å². The molecular weight excluding hydrogens is 550 g/mol. The Morgan fingerprint density at radius 3 is 2.72 bits per heavy atom. The molecule has 0 unspecified atom stereocenters. The zero-order valence-electron chi connectivity index (χ0n) is 24.3. The summed E-state index contributed by atoms with van der Waals surface area (Å²) in [7, 11) is 1.56. The first-order chi connectivity index (χ1) is 20.8. The van der Waals surface area contributed by atoms with E-state index in [1.54, 1.807) is 48.4 Å². The van der Waals surface area contributed by atoms with Gasteiger partial charge in [-0.25, -0.2) is 0 Å². The summed E-state index contributed by atoms with van der Waals surface area (Å²) < 4.78 is 23.4. The molecule has 4 heterocycles. The quantitative estimate of drug-likeness (QED) is 0.364. The minimum Gasteiger partial charge on any atom is -0.496 e. The number of hydrogen-bond acceptors (Lipinski definition) is 7. The van der Waals surface area contributed by atoms with Crippen LogP contribution in [0.4, 0.5) is 0 Å². The monoisotopic (exact) mass is 583 g/mol. The molecule has 1 aromatic heterocycles. The summed E-state index contributed by atoms with van der Waals surface area (Å²) in [6.45, 7) is 4.46. The van der Waals surface area contributed by atoms with Gasteiger partial charge >= 0.3 is 0 Å². The van der Waals surface area contributed by atoms with Crippen molar-refractivity contribution in [2.75, 3.05) is 26.8 Å². The summed E-state index contributed by atoms with van der Waals surface area (Å²) in [5.74, 6) is 1.55. The first-order valence-corrected chi connectivity index (χ1v) is 14.2. The van der Waals surface area contributed by atoms with Crippen LogP contribution in [-0.4, -0.2) is 61.6 Å². The van der Waals surface area contributed by atoms with Crippen LogP contribution in [0.25, 0.3) is 11.0 Å². The summed E-state index contributed by atoms with van der Waals surface area (Å²) in [6, 6.07) is 17.3. The maximum atomic E-state index is 13.6. The van der Waals surface area contributed by atoms with Gasteiger partial charge in [0.1, 0.15) is 34.7 Å². The SMILES string of the molecule is COc1cc2ccc1CNC(=O)COc1cc(ccc1C)C(=O)N[C@H]1CN(C(=O)c3ccc4oc(C)cc4c3)CC[C@H]1O2. The highest BCUT2D eigenvalue weighted by Gasteiger charge is 2.35. The molecule has 0 radical (unpaired) electrons. The predicted molar refractivity (Wildman–Crippen MR) is 159 cm³/mol. The van der Waals surface area contributed by atoms with Crippen molar-refractivity contribution in [3.05, 3.63) is 88.7 Å². The van der Waals surface area contributed by atoms with Gasteiger partial charge in [0.15, 0.2) is 6.61 Å². The van der Waals surface area contributed by atoms with Gasteiger partial charge in [-0.05, 0) is 67.9 Å². The maximum absolute atomic E-state index is 13.6. The Balaban J connectivity index is 1.31. The smallest absolute Gasteiger partial charge is 0.258 e. The number of carbonyl (C=O) groups excluding carboxylic acids is 3. The van der Waals surface area contributed by atoms with E-state index in [-0.39, 0.29) is 37.4 Å². The van der Waals surface area contributed by atoms with E-state index in [0.717, 1.165) is 27.9 Å². The molecule has 0 spiro atoms. The fourth-order valence-electron chi connectivity index (χ4n) is 5.54. The van der Waals surface area contributed by atoms with Crippen LogP contribution in [0, 0.1) is 13.8 Å². The highest BCUT2D eigenvalue weighted by Crippen LogP contribution is 2.29. The number of likely N-dealkylation sites (tertiary alicyclic amines) is 1. The summed E-state index contributed by atoms with van der Waals surface area (Å²) in [5, 5.41) is 6.81. The van der Waals surface area contributed by atoms with Crippen LogP contribution in [0.5, 0.6) is 17.2 Å². The molecule has 3 aromatic carbocycles. The van der Waals surface area contributed by atoms with Crippen molar-refractivity contribution in [2.45, 2.75) is 39.0 Å². The highest BCUT2D eigenvalue weighted by molar-refractivity contribution is 5.98. The van der Waals surface area contributed by atoms with Gasteiger partial charge in [0, 0.05) is 54.2 Å². The van der Waals surface area contributed by atoms with Crippen molar-refractivity contribution in [1.29, 1.82) is 0 Å². The summed E-state index contributed by atoms with van der Waals surface area (Å²) in [5.41, 5.74) is 3.22. The lowest BCUT2D eigenvalue weighted by molar-refractivity contribution is -0.123. The molecule has 0 aliphatic carbocycles. The molecule has 10 nitrogen and oxygen atoms in total. The lowest BCUT2D eigenvalue weighted by Gasteiger charge is -2.39. The molecule has 10 heteroatoms. The fourth-order valence-corrected chi connectivity index (χ4v) is 5.54. The number of amides is 3. The first kappa shape index (κ1) is 28.1. The van der Waals surface area contributed by atoms with E-state index in [2.05, 4.69) is 10.6 Å². The second-order valence-electron chi connectivity index (χ2n) is 10.9. The molecule has 2 atom stereocenters. The van der Waals surface area contributed by atoms with E-state index in [1.807, 2.05) is 38.1 Å². The number of rotatable bonds is 2. The van der Waals surface area contributed by atoms with Crippen molar-refractivity contribution in [3.63, 3.8) is 0 Å². The third-order valence-electron chi connectivity index (χ3n) is 7.87. The van der Waals surface area contributed by atoms with Gasteiger partial charge in [0.2, 0.25) is 0 Å². The van der Waals surface area contributed by atoms with Crippen LogP contribution < -0.4 is 24.8 Å².